The van der Waals surface area contributed by atoms with E-state index in [4.69, 9.17) is 4.74 Å². The molecule has 106 valence electrons. The van der Waals surface area contributed by atoms with Crippen LogP contribution in [0.4, 0.5) is 0 Å². The van der Waals surface area contributed by atoms with E-state index in [1.54, 1.807) is 4.90 Å². The number of carbonyl (C=O) groups excluding carboxylic acids is 2. The van der Waals surface area contributed by atoms with E-state index >= 15 is 0 Å². The molecule has 0 radical (unpaired) electrons. The molecule has 0 aromatic heterocycles. The van der Waals surface area contributed by atoms with Crippen molar-refractivity contribution in [3.8, 4) is 0 Å². The van der Waals surface area contributed by atoms with Crippen molar-refractivity contribution in [1.29, 1.82) is 0 Å². The SMILES string of the molecule is CC1C(=O)NC(C)(C2CC2)C(=O)N1CC1CCOC1. The minimum absolute atomic E-state index is 0.0204. The van der Waals surface area contributed by atoms with E-state index in [1.165, 1.54) is 0 Å². The van der Waals surface area contributed by atoms with Gasteiger partial charge < -0.3 is 15.0 Å². The molecule has 2 amide bonds. The maximum atomic E-state index is 12.7. The molecule has 1 aliphatic carbocycles. The molecule has 2 heterocycles. The Hall–Kier alpha value is -1.10. The predicted molar refractivity (Wildman–Crippen MR) is 69.4 cm³/mol. The van der Waals surface area contributed by atoms with E-state index in [2.05, 4.69) is 5.32 Å². The van der Waals surface area contributed by atoms with Gasteiger partial charge in [-0.15, -0.1) is 0 Å². The smallest absolute Gasteiger partial charge is 0.249 e. The highest BCUT2D eigenvalue weighted by atomic mass is 16.5. The lowest BCUT2D eigenvalue weighted by Gasteiger charge is -2.44. The van der Waals surface area contributed by atoms with Gasteiger partial charge in [0.05, 0.1) is 6.61 Å². The lowest BCUT2D eigenvalue weighted by atomic mass is 9.89. The van der Waals surface area contributed by atoms with Crippen molar-refractivity contribution < 1.29 is 14.3 Å². The zero-order chi connectivity index (χ0) is 13.6. The summed E-state index contributed by atoms with van der Waals surface area (Å²) in [5, 5.41) is 2.95. The van der Waals surface area contributed by atoms with Crippen LogP contribution in [0.3, 0.4) is 0 Å². The molecule has 3 fully saturated rings. The van der Waals surface area contributed by atoms with E-state index in [0.717, 1.165) is 25.9 Å². The first-order valence-electron chi connectivity index (χ1n) is 7.23. The predicted octanol–water partition coefficient (Wildman–Crippen LogP) is 0.539. The van der Waals surface area contributed by atoms with Gasteiger partial charge in [-0.25, -0.2) is 0 Å². The molecular weight excluding hydrogens is 244 g/mol. The lowest BCUT2D eigenvalue weighted by molar-refractivity contribution is -0.155. The van der Waals surface area contributed by atoms with Crippen LogP contribution in [0.2, 0.25) is 0 Å². The second kappa shape index (κ2) is 4.47. The van der Waals surface area contributed by atoms with Crippen molar-refractivity contribution in [1.82, 2.24) is 10.2 Å². The molecule has 0 spiro atoms. The molecule has 0 bridgehead atoms. The zero-order valence-corrected chi connectivity index (χ0v) is 11.6. The van der Waals surface area contributed by atoms with Crippen LogP contribution in [-0.2, 0) is 14.3 Å². The molecule has 1 saturated carbocycles. The standard InChI is InChI=1S/C14H22N2O3/c1-9-12(17)15-14(2,11-3-4-11)13(18)16(9)7-10-5-6-19-8-10/h9-11H,3-8H2,1-2H3,(H,15,17). The van der Waals surface area contributed by atoms with E-state index in [1.807, 2.05) is 13.8 Å². The number of nitrogens with one attached hydrogen (secondary N) is 1. The molecular formula is C14H22N2O3. The largest absolute Gasteiger partial charge is 0.381 e. The highest BCUT2D eigenvalue weighted by Gasteiger charge is 2.54. The maximum Gasteiger partial charge on any atom is 0.249 e. The molecule has 3 rings (SSSR count). The van der Waals surface area contributed by atoms with Crippen LogP contribution in [0.5, 0.6) is 0 Å². The molecule has 19 heavy (non-hydrogen) atoms. The average Bonchev–Trinajstić information content (AvgIpc) is 3.12. The summed E-state index contributed by atoms with van der Waals surface area (Å²) in [6.07, 6.45) is 3.06. The molecule has 3 aliphatic rings. The Kier molecular flexibility index (Phi) is 3.04. The number of hydrogen-bond donors (Lipinski definition) is 1. The van der Waals surface area contributed by atoms with Crippen molar-refractivity contribution in [2.45, 2.75) is 44.7 Å². The monoisotopic (exact) mass is 266 g/mol. The first kappa shape index (κ1) is 12.9. The number of ether oxygens (including phenoxy) is 1. The van der Waals surface area contributed by atoms with E-state index < -0.39 is 5.54 Å². The summed E-state index contributed by atoms with van der Waals surface area (Å²) in [7, 11) is 0. The van der Waals surface area contributed by atoms with Gasteiger partial charge in [0.2, 0.25) is 11.8 Å². The van der Waals surface area contributed by atoms with Crippen LogP contribution >= 0.6 is 0 Å². The molecule has 5 heteroatoms. The first-order chi connectivity index (χ1) is 9.02. The summed E-state index contributed by atoms with van der Waals surface area (Å²) in [4.78, 5) is 26.7. The Morgan fingerprint density at radius 3 is 2.68 bits per heavy atom. The Balaban J connectivity index is 1.78. The maximum absolute atomic E-state index is 12.7. The van der Waals surface area contributed by atoms with E-state index in [9.17, 15) is 9.59 Å². The quantitative estimate of drug-likeness (QED) is 0.811. The van der Waals surface area contributed by atoms with Crippen molar-refractivity contribution in [3.05, 3.63) is 0 Å². The van der Waals surface area contributed by atoms with Crippen LogP contribution < -0.4 is 5.32 Å². The molecule has 0 aromatic rings. The van der Waals surface area contributed by atoms with Crippen molar-refractivity contribution >= 4 is 11.8 Å². The topological polar surface area (TPSA) is 58.6 Å². The van der Waals surface area contributed by atoms with Crippen molar-refractivity contribution in [2.75, 3.05) is 19.8 Å². The number of carbonyl (C=O) groups is 2. The number of amides is 2. The Morgan fingerprint density at radius 2 is 2.11 bits per heavy atom. The Bertz CT molecular complexity index is 401. The average molecular weight is 266 g/mol. The summed E-state index contributed by atoms with van der Waals surface area (Å²) in [5.41, 5.74) is -0.678. The van der Waals surface area contributed by atoms with Gasteiger partial charge in [0.1, 0.15) is 11.6 Å². The van der Waals surface area contributed by atoms with Crippen LogP contribution in [0.15, 0.2) is 0 Å². The van der Waals surface area contributed by atoms with Crippen LogP contribution in [0.1, 0.15) is 33.1 Å². The number of nitrogens with zero attached hydrogens (tertiary/aromatic N) is 1. The fourth-order valence-electron chi connectivity index (χ4n) is 3.21. The summed E-state index contributed by atoms with van der Waals surface area (Å²) < 4.78 is 5.37. The summed E-state index contributed by atoms with van der Waals surface area (Å²) in [5.74, 6) is 0.765. The normalized spacial score (nSPS) is 39.6. The zero-order valence-electron chi connectivity index (χ0n) is 11.6. The highest BCUT2D eigenvalue weighted by Crippen LogP contribution is 2.42. The summed E-state index contributed by atoms with van der Waals surface area (Å²) >= 11 is 0. The van der Waals surface area contributed by atoms with Crippen LogP contribution in [-0.4, -0.2) is 48.1 Å². The second-order valence-electron chi connectivity index (χ2n) is 6.33. The Labute approximate surface area is 113 Å². The van der Waals surface area contributed by atoms with Gasteiger partial charge in [0.15, 0.2) is 0 Å². The van der Waals surface area contributed by atoms with Gasteiger partial charge in [0.25, 0.3) is 0 Å². The Morgan fingerprint density at radius 1 is 1.37 bits per heavy atom. The second-order valence-corrected chi connectivity index (χ2v) is 6.33. The number of hydrogen-bond acceptors (Lipinski definition) is 3. The number of rotatable bonds is 3. The fourth-order valence-corrected chi connectivity index (χ4v) is 3.21. The molecule has 3 atom stereocenters. The van der Waals surface area contributed by atoms with Gasteiger partial charge in [-0.05, 0) is 39.0 Å². The van der Waals surface area contributed by atoms with Gasteiger partial charge in [-0.3, -0.25) is 9.59 Å². The lowest BCUT2D eigenvalue weighted by Crippen LogP contribution is -2.70. The van der Waals surface area contributed by atoms with Crippen molar-refractivity contribution in [2.24, 2.45) is 11.8 Å². The molecule has 2 saturated heterocycles. The van der Waals surface area contributed by atoms with E-state index in [0.29, 0.717) is 25.0 Å². The molecule has 3 unspecified atom stereocenters. The molecule has 0 aromatic carbocycles. The van der Waals surface area contributed by atoms with Gasteiger partial charge in [-0.1, -0.05) is 0 Å². The van der Waals surface area contributed by atoms with Crippen molar-refractivity contribution in [3.63, 3.8) is 0 Å². The fraction of sp³-hybridized carbons (Fsp3) is 0.857. The first-order valence-corrected chi connectivity index (χ1v) is 7.23. The third-order valence-electron chi connectivity index (χ3n) is 4.81. The van der Waals surface area contributed by atoms with Gasteiger partial charge in [0, 0.05) is 19.1 Å². The minimum Gasteiger partial charge on any atom is -0.381 e. The van der Waals surface area contributed by atoms with E-state index in [-0.39, 0.29) is 17.9 Å². The third kappa shape index (κ3) is 2.14. The molecule has 2 aliphatic heterocycles. The third-order valence-corrected chi connectivity index (χ3v) is 4.81. The van der Waals surface area contributed by atoms with Gasteiger partial charge >= 0.3 is 0 Å². The molecule has 1 N–H and O–H groups in total. The summed E-state index contributed by atoms with van der Waals surface area (Å²) in [6.45, 7) is 5.83. The van der Waals surface area contributed by atoms with Crippen LogP contribution in [0, 0.1) is 11.8 Å². The van der Waals surface area contributed by atoms with Gasteiger partial charge in [-0.2, -0.15) is 0 Å². The highest BCUT2D eigenvalue weighted by molar-refractivity contribution is 5.99. The number of piperazine rings is 1. The summed E-state index contributed by atoms with van der Waals surface area (Å²) in [6, 6.07) is -0.361. The van der Waals surface area contributed by atoms with Crippen LogP contribution in [0.25, 0.3) is 0 Å². The molecule has 5 nitrogen and oxygen atoms in total. The minimum atomic E-state index is -0.678.